The highest BCUT2D eigenvalue weighted by Crippen LogP contribution is 2.14. The summed E-state index contributed by atoms with van der Waals surface area (Å²) < 4.78 is 15.4. The standard InChI is InChI=1S/C19H24O6/c1-15(2)19(22)25-13-12-23-17-7-5-6-16(14-17)8-9-18(21)24-11-4-3-10-20/h5-9,14,20H,1,3-4,10-13H2,2H3/b9-8+. The number of aliphatic hydroxyl groups excluding tert-OH is 1. The predicted molar refractivity (Wildman–Crippen MR) is 94.0 cm³/mol. The third kappa shape index (κ3) is 9.32. The number of esters is 2. The predicted octanol–water partition coefficient (Wildman–Crippen LogP) is 2.51. The highest BCUT2D eigenvalue weighted by atomic mass is 16.6. The summed E-state index contributed by atoms with van der Waals surface area (Å²) in [6, 6.07) is 7.15. The van der Waals surface area contributed by atoms with Crippen molar-refractivity contribution in [3.8, 4) is 5.75 Å². The molecule has 6 heteroatoms. The third-order valence-electron chi connectivity index (χ3n) is 3.00. The zero-order valence-corrected chi connectivity index (χ0v) is 14.4. The van der Waals surface area contributed by atoms with Gasteiger partial charge in [0.15, 0.2) is 0 Å². The Morgan fingerprint density at radius 2 is 1.96 bits per heavy atom. The third-order valence-corrected chi connectivity index (χ3v) is 3.00. The van der Waals surface area contributed by atoms with Crippen molar-refractivity contribution < 1.29 is 28.9 Å². The van der Waals surface area contributed by atoms with Crippen LogP contribution >= 0.6 is 0 Å². The molecule has 0 spiro atoms. The highest BCUT2D eigenvalue weighted by molar-refractivity contribution is 5.87. The van der Waals surface area contributed by atoms with Gasteiger partial charge in [0.05, 0.1) is 6.61 Å². The van der Waals surface area contributed by atoms with Crippen LogP contribution in [0.15, 0.2) is 42.5 Å². The van der Waals surface area contributed by atoms with Crippen LogP contribution in [0.4, 0.5) is 0 Å². The molecule has 0 amide bonds. The monoisotopic (exact) mass is 348 g/mol. The molecule has 1 rings (SSSR count). The molecule has 0 fully saturated rings. The van der Waals surface area contributed by atoms with Crippen molar-refractivity contribution in [1.29, 1.82) is 0 Å². The van der Waals surface area contributed by atoms with Gasteiger partial charge in [-0.15, -0.1) is 0 Å². The lowest BCUT2D eigenvalue weighted by molar-refractivity contribution is -0.140. The minimum atomic E-state index is -0.446. The summed E-state index contributed by atoms with van der Waals surface area (Å²) in [5.41, 5.74) is 1.12. The molecule has 0 aliphatic carbocycles. The Labute approximate surface area is 147 Å². The second kappa shape index (κ2) is 11.9. The Morgan fingerprint density at radius 1 is 1.16 bits per heavy atom. The first-order valence-corrected chi connectivity index (χ1v) is 8.04. The molecule has 0 saturated carbocycles. The second-order valence-electron chi connectivity index (χ2n) is 5.27. The summed E-state index contributed by atoms with van der Waals surface area (Å²) in [7, 11) is 0. The van der Waals surface area contributed by atoms with E-state index in [1.807, 2.05) is 6.07 Å². The molecule has 1 aromatic rings. The average Bonchev–Trinajstić information content (AvgIpc) is 2.60. The molecule has 0 aromatic heterocycles. The fraction of sp³-hybridized carbons (Fsp3) is 0.368. The Hall–Kier alpha value is -2.60. The van der Waals surface area contributed by atoms with Gasteiger partial charge in [0.2, 0.25) is 0 Å². The molecule has 0 radical (unpaired) electrons. The zero-order chi connectivity index (χ0) is 18.5. The Kier molecular flexibility index (Phi) is 9.70. The minimum absolute atomic E-state index is 0.0899. The number of carbonyl (C=O) groups is 2. The van der Waals surface area contributed by atoms with E-state index in [9.17, 15) is 9.59 Å². The second-order valence-corrected chi connectivity index (χ2v) is 5.27. The van der Waals surface area contributed by atoms with E-state index in [1.165, 1.54) is 6.08 Å². The Morgan fingerprint density at radius 3 is 2.68 bits per heavy atom. The van der Waals surface area contributed by atoms with Gasteiger partial charge < -0.3 is 19.3 Å². The first-order valence-electron chi connectivity index (χ1n) is 8.04. The van der Waals surface area contributed by atoms with E-state index >= 15 is 0 Å². The smallest absolute Gasteiger partial charge is 0.333 e. The lowest BCUT2D eigenvalue weighted by atomic mass is 10.2. The molecular formula is C19H24O6. The maximum atomic E-state index is 11.5. The van der Waals surface area contributed by atoms with E-state index in [2.05, 4.69) is 6.58 Å². The molecule has 1 aromatic carbocycles. The average molecular weight is 348 g/mol. The van der Waals surface area contributed by atoms with E-state index < -0.39 is 11.9 Å². The van der Waals surface area contributed by atoms with Crippen LogP contribution in [0, 0.1) is 0 Å². The van der Waals surface area contributed by atoms with Gasteiger partial charge in [-0.3, -0.25) is 0 Å². The van der Waals surface area contributed by atoms with Crippen molar-refractivity contribution >= 4 is 18.0 Å². The molecule has 0 unspecified atom stereocenters. The van der Waals surface area contributed by atoms with Crippen LogP contribution in [0.3, 0.4) is 0 Å². The number of benzene rings is 1. The summed E-state index contributed by atoms with van der Waals surface area (Å²) in [6.45, 7) is 5.80. The lowest BCUT2D eigenvalue weighted by Crippen LogP contribution is -2.12. The van der Waals surface area contributed by atoms with E-state index in [0.717, 1.165) is 5.56 Å². The number of ether oxygens (including phenoxy) is 3. The van der Waals surface area contributed by atoms with E-state index in [4.69, 9.17) is 19.3 Å². The first-order chi connectivity index (χ1) is 12.0. The number of aliphatic hydroxyl groups is 1. The largest absolute Gasteiger partial charge is 0.490 e. The van der Waals surface area contributed by atoms with Crippen LogP contribution in [-0.4, -0.2) is 43.5 Å². The summed E-state index contributed by atoms with van der Waals surface area (Å²) in [6.07, 6.45) is 4.21. The minimum Gasteiger partial charge on any atom is -0.490 e. The lowest BCUT2D eigenvalue weighted by Gasteiger charge is -2.07. The SMILES string of the molecule is C=C(C)C(=O)OCCOc1cccc(/C=C/C(=O)OCCCCO)c1. The summed E-state index contributed by atoms with van der Waals surface area (Å²) in [4.78, 5) is 22.8. The van der Waals surface area contributed by atoms with E-state index in [1.54, 1.807) is 31.2 Å². The fourth-order valence-corrected chi connectivity index (χ4v) is 1.72. The molecule has 136 valence electrons. The van der Waals surface area contributed by atoms with Crippen LogP contribution in [-0.2, 0) is 19.1 Å². The van der Waals surface area contributed by atoms with Crippen molar-refractivity contribution in [2.75, 3.05) is 26.4 Å². The normalized spacial score (nSPS) is 10.5. The molecule has 6 nitrogen and oxygen atoms in total. The molecular weight excluding hydrogens is 324 g/mol. The molecule has 0 saturated heterocycles. The topological polar surface area (TPSA) is 82.1 Å². The number of hydrogen-bond donors (Lipinski definition) is 1. The van der Waals surface area contributed by atoms with Gasteiger partial charge in [-0.2, -0.15) is 0 Å². The van der Waals surface area contributed by atoms with Crippen LogP contribution in [0.5, 0.6) is 5.75 Å². The quantitative estimate of drug-likeness (QED) is 0.376. The van der Waals surface area contributed by atoms with Crippen molar-refractivity contribution in [2.45, 2.75) is 19.8 Å². The summed E-state index contributed by atoms with van der Waals surface area (Å²) in [5.74, 6) is -0.279. The van der Waals surface area contributed by atoms with Crippen molar-refractivity contribution in [3.63, 3.8) is 0 Å². The molecule has 1 N–H and O–H groups in total. The number of hydrogen-bond acceptors (Lipinski definition) is 6. The van der Waals surface area contributed by atoms with E-state index in [-0.39, 0.29) is 26.4 Å². The van der Waals surface area contributed by atoms with Crippen molar-refractivity contribution in [2.24, 2.45) is 0 Å². The summed E-state index contributed by atoms with van der Waals surface area (Å²) >= 11 is 0. The Balaban J connectivity index is 2.38. The van der Waals surface area contributed by atoms with Crippen LogP contribution in [0.25, 0.3) is 6.08 Å². The molecule has 0 aliphatic heterocycles. The Bertz CT molecular complexity index is 606. The van der Waals surface area contributed by atoms with E-state index in [0.29, 0.717) is 24.2 Å². The van der Waals surface area contributed by atoms with Gasteiger partial charge in [0, 0.05) is 18.3 Å². The maximum Gasteiger partial charge on any atom is 0.333 e. The van der Waals surface area contributed by atoms with Crippen molar-refractivity contribution in [3.05, 3.63) is 48.1 Å². The molecule has 25 heavy (non-hydrogen) atoms. The fourth-order valence-electron chi connectivity index (χ4n) is 1.72. The molecule has 0 aliphatic rings. The number of rotatable bonds is 11. The number of carbonyl (C=O) groups excluding carboxylic acids is 2. The van der Waals surface area contributed by atoms with Gasteiger partial charge in [-0.1, -0.05) is 18.7 Å². The van der Waals surface area contributed by atoms with Gasteiger partial charge in [-0.25, -0.2) is 9.59 Å². The number of unbranched alkanes of at least 4 members (excludes halogenated alkanes) is 1. The van der Waals surface area contributed by atoms with Gasteiger partial charge in [-0.05, 0) is 43.5 Å². The van der Waals surface area contributed by atoms with Crippen LogP contribution in [0.1, 0.15) is 25.3 Å². The van der Waals surface area contributed by atoms with Gasteiger partial charge in [0.25, 0.3) is 0 Å². The zero-order valence-electron chi connectivity index (χ0n) is 14.4. The molecule has 0 heterocycles. The molecule has 0 bridgehead atoms. The summed E-state index contributed by atoms with van der Waals surface area (Å²) in [5, 5.41) is 8.64. The first kappa shape index (κ1) is 20.4. The van der Waals surface area contributed by atoms with Crippen LogP contribution < -0.4 is 4.74 Å². The highest BCUT2D eigenvalue weighted by Gasteiger charge is 2.03. The maximum absolute atomic E-state index is 11.5. The molecule has 0 atom stereocenters. The van der Waals surface area contributed by atoms with Crippen LogP contribution in [0.2, 0.25) is 0 Å². The van der Waals surface area contributed by atoms with Gasteiger partial charge in [0.1, 0.15) is 19.0 Å². The van der Waals surface area contributed by atoms with Gasteiger partial charge >= 0.3 is 11.9 Å². The van der Waals surface area contributed by atoms with Crippen molar-refractivity contribution in [1.82, 2.24) is 0 Å².